The van der Waals surface area contributed by atoms with Gasteiger partial charge in [-0.05, 0) is 12.0 Å². The van der Waals surface area contributed by atoms with E-state index in [1.807, 2.05) is 49.2 Å². The van der Waals surface area contributed by atoms with Gasteiger partial charge < -0.3 is 14.7 Å². The molecule has 25 heavy (non-hydrogen) atoms. The van der Waals surface area contributed by atoms with Crippen LogP contribution in [0.15, 0.2) is 36.5 Å². The molecule has 0 radical (unpaired) electrons. The van der Waals surface area contributed by atoms with E-state index in [1.54, 1.807) is 10.9 Å². The van der Waals surface area contributed by atoms with E-state index in [1.165, 1.54) is 0 Å². The first-order valence-electron chi connectivity index (χ1n) is 8.74. The molecule has 0 spiro atoms. The molecule has 2 aromatic rings. The second kappa shape index (κ2) is 7.80. The second-order valence-electron chi connectivity index (χ2n) is 6.41. The van der Waals surface area contributed by atoms with Crippen LogP contribution in [-0.4, -0.2) is 51.5 Å². The van der Waals surface area contributed by atoms with E-state index in [-0.39, 0.29) is 11.9 Å². The zero-order chi connectivity index (χ0) is 17.8. The number of hydrogen-bond donors (Lipinski definition) is 1. The molecule has 0 aliphatic carbocycles. The van der Waals surface area contributed by atoms with Gasteiger partial charge in [0.25, 0.3) is 5.91 Å². The monoisotopic (exact) mass is 343 g/mol. The average Bonchev–Trinajstić information content (AvgIpc) is 3.03. The number of rotatable bonds is 5. The van der Waals surface area contributed by atoms with Crippen LogP contribution in [0.25, 0.3) is 0 Å². The van der Waals surface area contributed by atoms with Crippen LogP contribution in [0.4, 0.5) is 0 Å². The molecule has 3 rings (SSSR count). The maximum atomic E-state index is 13.1. The van der Waals surface area contributed by atoms with Crippen LogP contribution in [0.3, 0.4) is 0 Å². The number of benzene rings is 1. The van der Waals surface area contributed by atoms with Crippen LogP contribution in [0.2, 0.25) is 0 Å². The van der Waals surface area contributed by atoms with Crippen LogP contribution in [0, 0.1) is 0 Å². The second-order valence-corrected chi connectivity index (χ2v) is 6.41. The SMILES string of the molecule is CCc1nn(C)cc1C(=O)N1CCOCC1CC(O)c1ccccc1. The van der Waals surface area contributed by atoms with Gasteiger partial charge in [0.05, 0.1) is 36.6 Å². The van der Waals surface area contributed by atoms with E-state index in [9.17, 15) is 9.90 Å². The van der Waals surface area contributed by atoms with Gasteiger partial charge in [-0.3, -0.25) is 9.48 Å². The fraction of sp³-hybridized carbons (Fsp3) is 0.474. The first-order valence-corrected chi connectivity index (χ1v) is 8.74. The quantitative estimate of drug-likeness (QED) is 0.901. The van der Waals surface area contributed by atoms with E-state index in [0.29, 0.717) is 38.2 Å². The molecule has 1 aliphatic rings. The van der Waals surface area contributed by atoms with E-state index in [4.69, 9.17) is 4.74 Å². The summed E-state index contributed by atoms with van der Waals surface area (Å²) in [6, 6.07) is 9.38. The number of amides is 1. The third-order valence-electron chi connectivity index (χ3n) is 4.64. The Hall–Kier alpha value is -2.18. The van der Waals surface area contributed by atoms with Crippen molar-refractivity contribution in [1.82, 2.24) is 14.7 Å². The van der Waals surface area contributed by atoms with Crippen molar-refractivity contribution in [3.8, 4) is 0 Å². The summed E-state index contributed by atoms with van der Waals surface area (Å²) >= 11 is 0. The Bertz CT molecular complexity index is 714. The first-order chi connectivity index (χ1) is 12.1. The number of morpholine rings is 1. The van der Waals surface area contributed by atoms with Gasteiger partial charge in [-0.1, -0.05) is 37.3 Å². The summed E-state index contributed by atoms with van der Waals surface area (Å²) in [5, 5.41) is 14.9. The van der Waals surface area contributed by atoms with Crippen molar-refractivity contribution in [2.75, 3.05) is 19.8 Å². The van der Waals surface area contributed by atoms with Gasteiger partial charge in [0.2, 0.25) is 0 Å². The molecule has 1 saturated heterocycles. The molecule has 2 heterocycles. The Kier molecular flexibility index (Phi) is 5.50. The van der Waals surface area contributed by atoms with E-state index < -0.39 is 6.10 Å². The first kappa shape index (κ1) is 17.6. The summed E-state index contributed by atoms with van der Waals surface area (Å²) in [5.74, 6) is -0.0292. The lowest BCUT2D eigenvalue weighted by Crippen LogP contribution is -2.49. The largest absolute Gasteiger partial charge is 0.388 e. The molecular weight excluding hydrogens is 318 g/mol. The fourth-order valence-electron chi connectivity index (χ4n) is 3.32. The number of carbonyl (C=O) groups excluding carboxylic acids is 1. The Morgan fingerprint density at radius 1 is 1.40 bits per heavy atom. The molecule has 1 aromatic carbocycles. The molecule has 0 bridgehead atoms. The zero-order valence-electron chi connectivity index (χ0n) is 14.8. The van der Waals surface area contributed by atoms with Gasteiger partial charge >= 0.3 is 0 Å². The van der Waals surface area contributed by atoms with Gasteiger partial charge in [-0.2, -0.15) is 5.10 Å². The number of aliphatic hydroxyl groups is 1. The maximum absolute atomic E-state index is 13.1. The van der Waals surface area contributed by atoms with Gasteiger partial charge in [0.15, 0.2) is 0 Å². The summed E-state index contributed by atoms with van der Waals surface area (Å²) in [4.78, 5) is 14.9. The van der Waals surface area contributed by atoms with Crippen LogP contribution >= 0.6 is 0 Å². The fourth-order valence-corrected chi connectivity index (χ4v) is 3.32. The van der Waals surface area contributed by atoms with Crippen molar-refractivity contribution < 1.29 is 14.6 Å². The molecule has 1 aromatic heterocycles. The van der Waals surface area contributed by atoms with Crippen molar-refractivity contribution in [3.63, 3.8) is 0 Å². The smallest absolute Gasteiger partial charge is 0.257 e. The number of carbonyl (C=O) groups is 1. The highest BCUT2D eigenvalue weighted by atomic mass is 16.5. The topological polar surface area (TPSA) is 67.6 Å². The standard InChI is InChI=1S/C19H25N3O3/c1-3-17-16(12-21(2)20-17)19(24)22-9-10-25-13-15(22)11-18(23)14-7-5-4-6-8-14/h4-8,12,15,18,23H,3,9-11,13H2,1-2H3. The Morgan fingerprint density at radius 2 is 2.16 bits per heavy atom. The predicted molar refractivity (Wildman–Crippen MR) is 94.2 cm³/mol. The molecule has 2 unspecified atom stereocenters. The molecule has 6 heteroatoms. The summed E-state index contributed by atoms with van der Waals surface area (Å²) in [6.45, 7) is 3.49. The summed E-state index contributed by atoms with van der Waals surface area (Å²) in [5.41, 5.74) is 2.31. The maximum Gasteiger partial charge on any atom is 0.257 e. The molecule has 0 saturated carbocycles. The minimum absolute atomic E-state index is 0.0292. The Morgan fingerprint density at radius 3 is 2.88 bits per heavy atom. The number of aromatic nitrogens is 2. The Labute approximate surface area is 148 Å². The molecule has 1 fully saturated rings. The number of aliphatic hydroxyl groups excluding tert-OH is 1. The highest BCUT2D eigenvalue weighted by molar-refractivity contribution is 5.95. The van der Waals surface area contributed by atoms with E-state index >= 15 is 0 Å². The van der Waals surface area contributed by atoms with Crippen LogP contribution in [-0.2, 0) is 18.2 Å². The van der Waals surface area contributed by atoms with Gasteiger partial charge in [-0.25, -0.2) is 0 Å². The van der Waals surface area contributed by atoms with E-state index in [2.05, 4.69) is 5.10 Å². The average molecular weight is 343 g/mol. The lowest BCUT2D eigenvalue weighted by molar-refractivity contribution is -0.0174. The van der Waals surface area contributed by atoms with E-state index in [0.717, 1.165) is 11.3 Å². The summed E-state index contributed by atoms with van der Waals surface area (Å²) < 4.78 is 7.25. The summed E-state index contributed by atoms with van der Waals surface area (Å²) in [6.07, 6.45) is 2.32. The molecule has 1 N–H and O–H groups in total. The lowest BCUT2D eigenvalue weighted by atomic mass is 10.00. The number of nitrogens with zero attached hydrogens (tertiary/aromatic N) is 3. The van der Waals surface area contributed by atoms with Crippen molar-refractivity contribution in [2.45, 2.75) is 31.9 Å². The van der Waals surface area contributed by atoms with Crippen molar-refractivity contribution >= 4 is 5.91 Å². The van der Waals surface area contributed by atoms with Crippen molar-refractivity contribution in [3.05, 3.63) is 53.3 Å². The minimum Gasteiger partial charge on any atom is -0.388 e. The number of aryl methyl sites for hydroxylation is 2. The predicted octanol–water partition coefficient (Wildman–Crippen LogP) is 1.95. The van der Waals surface area contributed by atoms with Gasteiger partial charge in [0, 0.05) is 26.2 Å². The Balaban J connectivity index is 1.77. The summed E-state index contributed by atoms with van der Waals surface area (Å²) in [7, 11) is 1.83. The van der Waals surface area contributed by atoms with Crippen LogP contribution in [0.5, 0.6) is 0 Å². The van der Waals surface area contributed by atoms with Crippen LogP contribution < -0.4 is 0 Å². The normalized spacial score (nSPS) is 19.0. The molecular formula is C19H25N3O3. The molecule has 6 nitrogen and oxygen atoms in total. The van der Waals surface area contributed by atoms with Crippen molar-refractivity contribution in [2.24, 2.45) is 7.05 Å². The van der Waals surface area contributed by atoms with Gasteiger partial charge in [0.1, 0.15) is 0 Å². The number of hydrogen-bond acceptors (Lipinski definition) is 4. The zero-order valence-corrected chi connectivity index (χ0v) is 14.8. The van der Waals surface area contributed by atoms with Crippen LogP contribution in [0.1, 0.15) is 41.1 Å². The highest BCUT2D eigenvalue weighted by Gasteiger charge is 2.31. The number of ether oxygens (including phenoxy) is 1. The minimum atomic E-state index is -0.622. The van der Waals surface area contributed by atoms with Crippen molar-refractivity contribution in [1.29, 1.82) is 0 Å². The molecule has 2 atom stereocenters. The highest BCUT2D eigenvalue weighted by Crippen LogP contribution is 2.24. The molecule has 1 amide bonds. The van der Waals surface area contributed by atoms with Gasteiger partial charge in [-0.15, -0.1) is 0 Å². The lowest BCUT2D eigenvalue weighted by Gasteiger charge is -2.36. The molecule has 134 valence electrons. The third kappa shape index (κ3) is 3.91. The third-order valence-corrected chi connectivity index (χ3v) is 4.64. The molecule has 1 aliphatic heterocycles.